The normalized spacial score (nSPS) is 22.1. The van der Waals surface area contributed by atoms with Gasteiger partial charge in [-0.3, -0.25) is 0 Å². The van der Waals surface area contributed by atoms with Crippen LogP contribution in [0, 0.1) is 5.92 Å². The maximum Gasteiger partial charge on any atom is 0.573 e. The van der Waals surface area contributed by atoms with Gasteiger partial charge in [0.05, 0.1) is 12.6 Å². The Balaban J connectivity index is 1.30. The highest BCUT2D eigenvalue weighted by Gasteiger charge is 2.35. The molecule has 2 fully saturated rings. The van der Waals surface area contributed by atoms with Crippen molar-refractivity contribution in [3.8, 4) is 17.2 Å². The summed E-state index contributed by atoms with van der Waals surface area (Å²) in [5.74, 6) is -0.363. The highest BCUT2D eigenvalue weighted by Crippen LogP contribution is 2.40. The van der Waals surface area contributed by atoms with Crippen molar-refractivity contribution < 1.29 is 50.0 Å². The largest absolute Gasteiger partial charge is 0.573 e. The summed E-state index contributed by atoms with van der Waals surface area (Å²) in [5, 5.41) is 0. The first-order valence-corrected chi connectivity index (χ1v) is 14.2. The van der Waals surface area contributed by atoms with Crippen LogP contribution in [0.5, 0.6) is 17.2 Å². The summed E-state index contributed by atoms with van der Waals surface area (Å²) >= 11 is 0. The van der Waals surface area contributed by atoms with Crippen LogP contribution in [0.4, 0.5) is 32.0 Å². The van der Waals surface area contributed by atoms with Crippen molar-refractivity contribution in [2.45, 2.75) is 63.8 Å². The van der Waals surface area contributed by atoms with Gasteiger partial charge in [0.1, 0.15) is 30.0 Å². The molecule has 0 radical (unpaired) electrons. The van der Waals surface area contributed by atoms with Gasteiger partial charge in [0.2, 0.25) is 0 Å². The molecular formula is C32H33F6NO5. The van der Waals surface area contributed by atoms with Crippen molar-refractivity contribution in [1.29, 1.82) is 0 Å². The predicted octanol–water partition coefficient (Wildman–Crippen LogP) is 8.21. The molecule has 2 aliphatic rings. The third-order valence-corrected chi connectivity index (χ3v) is 7.54. The van der Waals surface area contributed by atoms with E-state index < -0.39 is 18.5 Å². The second-order valence-electron chi connectivity index (χ2n) is 11.4. The van der Waals surface area contributed by atoms with Crippen LogP contribution >= 0.6 is 0 Å². The first-order chi connectivity index (χ1) is 20.7. The van der Waals surface area contributed by atoms with Crippen molar-refractivity contribution in [3.05, 3.63) is 83.9 Å². The van der Waals surface area contributed by atoms with Crippen LogP contribution in [-0.4, -0.2) is 44.4 Å². The summed E-state index contributed by atoms with van der Waals surface area (Å²) in [6.07, 6.45) is -7.59. The summed E-state index contributed by atoms with van der Waals surface area (Å²) in [6, 6.07) is 18.9. The van der Waals surface area contributed by atoms with Gasteiger partial charge in [0.15, 0.2) is 5.79 Å². The molecule has 2 aliphatic heterocycles. The van der Waals surface area contributed by atoms with Crippen molar-refractivity contribution in [2.24, 2.45) is 5.92 Å². The van der Waals surface area contributed by atoms with E-state index in [0.717, 1.165) is 24.0 Å². The number of anilines is 1. The number of rotatable bonds is 9. The number of hydrogen-bond donors (Lipinski definition) is 0. The molecule has 5 rings (SSSR count). The van der Waals surface area contributed by atoms with Gasteiger partial charge in [-0.2, -0.15) is 0 Å². The second kappa shape index (κ2) is 12.8. The molecular weight excluding hydrogens is 592 g/mol. The molecule has 3 unspecified atom stereocenters. The van der Waals surface area contributed by atoms with Crippen molar-refractivity contribution in [3.63, 3.8) is 0 Å². The van der Waals surface area contributed by atoms with E-state index in [0.29, 0.717) is 37.6 Å². The van der Waals surface area contributed by atoms with Gasteiger partial charge in [-0.1, -0.05) is 24.3 Å². The van der Waals surface area contributed by atoms with E-state index in [9.17, 15) is 26.3 Å². The Hall–Kier alpha value is -3.64. The number of halogens is 6. The lowest BCUT2D eigenvalue weighted by atomic mass is 9.83. The minimum atomic E-state index is -4.81. The molecule has 0 N–H and O–H groups in total. The number of benzene rings is 3. The minimum Gasteiger partial charge on any atom is -0.491 e. The molecule has 0 aromatic heterocycles. The van der Waals surface area contributed by atoms with Crippen LogP contribution in [-0.2, 0) is 15.9 Å². The topological polar surface area (TPSA) is 49.4 Å². The molecule has 0 spiro atoms. The third kappa shape index (κ3) is 8.95. The van der Waals surface area contributed by atoms with Crippen molar-refractivity contribution >= 4 is 5.69 Å². The van der Waals surface area contributed by atoms with E-state index in [4.69, 9.17) is 14.2 Å². The first-order valence-electron chi connectivity index (χ1n) is 14.2. The minimum absolute atomic E-state index is 0.166. The van der Waals surface area contributed by atoms with E-state index >= 15 is 0 Å². The van der Waals surface area contributed by atoms with Crippen LogP contribution in [0.2, 0.25) is 0 Å². The van der Waals surface area contributed by atoms with Gasteiger partial charge in [-0.15, -0.1) is 26.3 Å². The zero-order valence-corrected chi connectivity index (χ0v) is 24.2. The molecule has 2 heterocycles. The SMILES string of the molecule is CC1(C)OCC(COc2cccc(CC3CCN(c4ccc(OC(F)(F)F)cc4)C(c4ccc(OC(F)(F)F)cc4)C3)c2)O1. The molecule has 12 heteroatoms. The fraction of sp³-hybridized carbons (Fsp3) is 0.438. The fourth-order valence-electron chi connectivity index (χ4n) is 5.71. The van der Waals surface area contributed by atoms with E-state index in [2.05, 4.69) is 14.4 Å². The number of piperidine rings is 1. The molecule has 44 heavy (non-hydrogen) atoms. The molecule has 6 nitrogen and oxygen atoms in total. The molecule has 2 saturated heterocycles. The molecule has 0 amide bonds. The quantitative estimate of drug-likeness (QED) is 0.224. The Kier molecular flexibility index (Phi) is 9.22. The molecule has 3 aromatic rings. The molecule has 0 aliphatic carbocycles. The molecule has 238 valence electrons. The lowest BCUT2D eigenvalue weighted by molar-refractivity contribution is -0.275. The van der Waals surface area contributed by atoms with Gasteiger partial charge in [-0.25, -0.2) is 0 Å². The summed E-state index contributed by atoms with van der Waals surface area (Å²) in [7, 11) is 0. The van der Waals surface area contributed by atoms with Gasteiger partial charge in [-0.05, 0) is 98.7 Å². The van der Waals surface area contributed by atoms with E-state index in [1.54, 1.807) is 24.3 Å². The molecule has 3 atom stereocenters. The zero-order valence-electron chi connectivity index (χ0n) is 24.2. The Labute approximate surface area is 251 Å². The smallest absolute Gasteiger partial charge is 0.491 e. The van der Waals surface area contributed by atoms with Crippen molar-refractivity contribution in [1.82, 2.24) is 0 Å². The van der Waals surface area contributed by atoms with E-state index in [1.165, 1.54) is 24.3 Å². The van der Waals surface area contributed by atoms with Gasteiger partial charge < -0.3 is 28.6 Å². The fourth-order valence-corrected chi connectivity index (χ4v) is 5.71. The van der Waals surface area contributed by atoms with Crippen LogP contribution in [0.15, 0.2) is 72.8 Å². The van der Waals surface area contributed by atoms with Gasteiger partial charge in [0, 0.05) is 12.2 Å². The average Bonchev–Trinajstić information content (AvgIpc) is 3.30. The Morgan fingerprint density at radius 3 is 2.07 bits per heavy atom. The number of hydrogen-bond acceptors (Lipinski definition) is 6. The molecule has 3 aromatic carbocycles. The van der Waals surface area contributed by atoms with E-state index in [-0.39, 0.29) is 29.6 Å². The third-order valence-electron chi connectivity index (χ3n) is 7.54. The summed E-state index contributed by atoms with van der Waals surface area (Å²) in [4.78, 5) is 2.05. The maximum absolute atomic E-state index is 12.7. The summed E-state index contributed by atoms with van der Waals surface area (Å²) < 4.78 is 102. The summed E-state index contributed by atoms with van der Waals surface area (Å²) in [6.45, 7) is 5.10. The van der Waals surface area contributed by atoms with Crippen LogP contribution < -0.4 is 19.1 Å². The standard InChI is InChI=1S/C32H33F6NO5/c1-30(2)41-20-28(42-30)19-40-27-5-3-4-21(17-27)16-22-14-15-39(24-8-12-26(13-9-24)44-32(36,37)38)29(18-22)23-6-10-25(11-7-23)43-31(33,34)35/h3-13,17,22,28-29H,14-16,18-20H2,1-2H3. The second-order valence-corrected chi connectivity index (χ2v) is 11.4. The lowest BCUT2D eigenvalue weighted by Crippen LogP contribution is -2.37. The van der Waals surface area contributed by atoms with Crippen LogP contribution in [0.3, 0.4) is 0 Å². The van der Waals surface area contributed by atoms with Crippen LogP contribution in [0.25, 0.3) is 0 Å². The Morgan fingerprint density at radius 1 is 0.841 bits per heavy atom. The van der Waals surface area contributed by atoms with Crippen molar-refractivity contribution in [2.75, 3.05) is 24.7 Å². The monoisotopic (exact) mass is 625 g/mol. The first kappa shape index (κ1) is 31.8. The number of ether oxygens (including phenoxy) is 5. The molecule has 0 saturated carbocycles. The average molecular weight is 626 g/mol. The highest BCUT2D eigenvalue weighted by atomic mass is 19.4. The van der Waals surface area contributed by atoms with Gasteiger partial charge >= 0.3 is 12.7 Å². The number of nitrogens with zero attached hydrogens (tertiary/aromatic N) is 1. The van der Waals surface area contributed by atoms with Crippen LogP contribution in [0.1, 0.15) is 43.9 Å². The van der Waals surface area contributed by atoms with Gasteiger partial charge in [0.25, 0.3) is 0 Å². The molecule has 0 bridgehead atoms. The Bertz CT molecular complexity index is 1380. The zero-order chi connectivity index (χ0) is 31.5. The van der Waals surface area contributed by atoms with E-state index in [1.807, 2.05) is 38.1 Å². The highest BCUT2D eigenvalue weighted by molar-refractivity contribution is 5.52. The lowest BCUT2D eigenvalue weighted by Gasteiger charge is -2.41. The maximum atomic E-state index is 12.7. The predicted molar refractivity (Wildman–Crippen MR) is 150 cm³/mol. The number of alkyl halides is 6. The Morgan fingerprint density at radius 2 is 1.48 bits per heavy atom. The summed E-state index contributed by atoms with van der Waals surface area (Å²) in [5.41, 5.74) is 2.51.